The van der Waals surface area contributed by atoms with E-state index in [2.05, 4.69) is 52.0 Å². The van der Waals surface area contributed by atoms with Crippen molar-refractivity contribution < 1.29 is 5.11 Å². The molecule has 1 fully saturated rings. The fourth-order valence-corrected chi connectivity index (χ4v) is 4.66. The van der Waals surface area contributed by atoms with Crippen molar-refractivity contribution in [2.24, 2.45) is 16.8 Å². The molecule has 0 radical (unpaired) electrons. The second kappa shape index (κ2) is 8.13. The maximum atomic E-state index is 9.73. The molecule has 2 aliphatic carbocycles. The van der Waals surface area contributed by atoms with Crippen LogP contribution in [0.5, 0.6) is 0 Å². The Kier molecular flexibility index (Phi) is 5.44. The van der Waals surface area contributed by atoms with Crippen molar-refractivity contribution >= 4 is 5.96 Å². The predicted molar refractivity (Wildman–Crippen MR) is 110 cm³/mol. The SMILES string of the molecule is CN=C(NCC(CO)c1ccccc1)NCC1C2CCc3ccccc3C21. The van der Waals surface area contributed by atoms with Crippen molar-refractivity contribution in [2.75, 3.05) is 26.7 Å². The van der Waals surface area contributed by atoms with Gasteiger partial charge in [-0.05, 0) is 47.3 Å². The molecule has 3 N–H and O–H groups in total. The van der Waals surface area contributed by atoms with Gasteiger partial charge in [-0.25, -0.2) is 0 Å². The van der Waals surface area contributed by atoms with Gasteiger partial charge in [-0.15, -0.1) is 0 Å². The van der Waals surface area contributed by atoms with E-state index in [9.17, 15) is 5.11 Å². The van der Waals surface area contributed by atoms with E-state index in [0.29, 0.717) is 12.5 Å². The lowest BCUT2D eigenvalue weighted by Crippen LogP contribution is -2.40. The van der Waals surface area contributed by atoms with Crippen molar-refractivity contribution in [1.82, 2.24) is 10.6 Å². The van der Waals surface area contributed by atoms with E-state index >= 15 is 0 Å². The van der Waals surface area contributed by atoms with Crippen molar-refractivity contribution in [3.63, 3.8) is 0 Å². The summed E-state index contributed by atoms with van der Waals surface area (Å²) in [6.07, 6.45) is 2.52. The zero-order valence-electron chi connectivity index (χ0n) is 15.9. The molecule has 2 aromatic carbocycles. The fraction of sp³-hybridized carbons (Fsp3) is 0.435. The molecule has 0 heterocycles. The zero-order valence-corrected chi connectivity index (χ0v) is 15.9. The van der Waals surface area contributed by atoms with Crippen molar-refractivity contribution in [1.29, 1.82) is 0 Å². The number of aliphatic hydroxyl groups excluding tert-OH is 1. The third-order valence-electron chi connectivity index (χ3n) is 6.23. The van der Waals surface area contributed by atoms with Crippen LogP contribution in [0.3, 0.4) is 0 Å². The van der Waals surface area contributed by atoms with Crippen LogP contribution in [0.2, 0.25) is 0 Å². The highest BCUT2D eigenvalue weighted by Gasteiger charge is 2.52. The summed E-state index contributed by atoms with van der Waals surface area (Å²) in [5.74, 6) is 3.13. The molecule has 0 spiro atoms. The minimum absolute atomic E-state index is 0.0696. The van der Waals surface area contributed by atoms with E-state index in [4.69, 9.17) is 0 Å². The second-order valence-electron chi connectivity index (χ2n) is 7.72. The van der Waals surface area contributed by atoms with Gasteiger partial charge >= 0.3 is 0 Å². The van der Waals surface area contributed by atoms with Crippen LogP contribution >= 0.6 is 0 Å². The lowest BCUT2D eigenvalue weighted by atomic mass is 9.92. The van der Waals surface area contributed by atoms with Gasteiger partial charge in [0.05, 0.1) is 6.61 Å². The molecule has 4 rings (SSSR count). The number of nitrogens with one attached hydrogen (secondary N) is 2. The minimum atomic E-state index is 0.0696. The molecular formula is C23H29N3O. The third kappa shape index (κ3) is 3.86. The molecule has 2 aromatic rings. The molecule has 4 atom stereocenters. The number of fused-ring (bicyclic) bond motifs is 3. The molecular weight excluding hydrogens is 334 g/mol. The van der Waals surface area contributed by atoms with Gasteiger partial charge in [0.15, 0.2) is 5.96 Å². The number of hydrogen-bond acceptors (Lipinski definition) is 2. The molecule has 142 valence electrons. The first-order valence-electron chi connectivity index (χ1n) is 10.00. The Bertz CT molecular complexity index is 789. The maximum Gasteiger partial charge on any atom is 0.191 e. The van der Waals surface area contributed by atoms with Crippen LogP contribution < -0.4 is 10.6 Å². The summed E-state index contributed by atoms with van der Waals surface area (Å²) in [7, 11) is 1.81. The first-order chi connectivity index (χ1) is 13.3. The summed E-state index contributed by atoms with van der Waals surface area (Å²) in [6, 6.07) is 19.1. The lowest BCUT2D eigenvalue weighted by molar-refractivity contribution is 0.265. The molecule has 4 unspecified atom stereocenters. The van der Waals surface area contributed by atoms with Crippen LogP contribution in [0.15, 0.2) is 59.6 Å². The predicted octanol–water partition coefficient (Wildman–Crippen LogP) is 2.90. The fourth-order valence-electron chi connectivity index (χ4n) is 4.66. The molecule has 4 nitrogen and oxygen atoms in total. The van der Waals surface area contributed by atoms with Crippen LogP contribution in [0, 0.1) is 11.8 Å². The molecule has 0 saturated heterocycles. The van der Waals surface area contributed by atoms with E-state index < -0.39 is 0 Å². The third-order valence-corrected chi connectivity index (χ3v) is 6.23. The quantitative estimate of drug-likeness (QED) is 0.546. The van der Waals surface area contributed by atoms with E-state index in [1.54, 1.807) is 12.6 Å². The van der Waals surface area contributed by atoms with Crippen LogP contribution in [0.1, 0.15) is 34.9 Å². The number of hydrogen-bond donors (Lipinski definition) is 3. The molecule has 0 amide bonds. The summed E-state index contributed by atoms with van der Waals surface area (Å²) < 4.78 is 0. The van der Waals surface area contributed by atoms with E-state index in [0.717, 1.165) is 29.9 Å². The molecule has 0 aromatic heterocycles. The number of guanidine groups is 1. The van der Waals surface area contributed by atoms with E-state index in [1.165, 1.54) is 18.4 Å². The molecule has 4 heteroatoms. The van der Waals surface area contributed by atoms with Gasteiger partial charge < -0.3 is 15.7 Å². The van der Waals surface area contributed by atoms with Crippen LogP contribution in [-0.4, -0.2) is 37.8 Å². The van der Waals surface area contributed by atoms with Crippen LogP contribution in [-0.2, 0) is 6.42 Å². The van der Waals surface area contributed by atoms with Gasteiger partial charge in [0.2, 0.25) is 0 Å². The minimum Gasteiger partial charge on any atom is -0.396 e. The van der Waals surface area contributed by atoms with Crippen LogP contribution in [0.25, 0.3) is 0 Å². The maximum absolute atomic E-state index is 9.73. The summed E-state index contributed by atoms with van der Waals surface area (Å²) in [6.45, 7) is 1.75. The topological polar surface area (TPSA) is 56.7 Å². The number of benzene rings is 2. The first-order valence-corrected chi connectivity index (χ1v) is 10.00. The van der Waals surface area contributed by atoms with Crippen molar-refractivity contribution in [2.45, 2.75) is 24.7 Å². The summed E-state index contributed by atoms with van der Waals surface area (Å²) in [5.41, 5.74) is 4.25. The Morgan fingerprint density at radius 1 is 1.11 bits per heavy atom. The van der Waals surface area contributed by atoms with Gasteiger partial charge in [0.1, 0.15) is 0 Å². The van der Waals surface area contributed by atoms with Crippen LogP contribution in [0.4, 0.5) is 0 Å². The summed E-state index contributed by atoms with van der Waals surface area (Å²) in [5, 5.41) is 16.6. The van der Waals surface area contributed by atoms with E-state index in [-0.39, 0.29) is 12.5 Å². The highest BCUT2D eigenvalue weighted by atomic mass is 16.3. The molecule has 1 saturated carbocycles. The Balaban J connectivity index is 1.30. The first kappa shape index (κ1) is 18.1. The molecule has 0 aliphatic heterocycles. The number of aryl methyl sites for hydroxylation is 1. The van der Waals surface area contributed by atoms with E-state index in [1.807, 2.05) is 18.2 Å². The van der Waals surface area contributed by atoms with Crippen molar-refractivity contribution in [3.05, 3.63) is 71.3 Å². The van der Waals surface area contributed by atoms with Gasteiger partial charge in [0, 0.05) is 26.1 Å². The summed E-state index contributed by atoms with van der Waals surface area (Å²) >= 11 is 0. The standard InChI is InChI=1S/C23H29N3O/c1-24-23(25-13-18(15-27)16-7-3-2-4-8-16)26-14-21-20-12-11-17-9-5-6-10-19(17)22(20)21/h2-10,18,20-22,27H,11-15H2,1H3,(H2,24,25,26). The second-order valence-corrected chi connectivity index (χ2v) is 7.72. The van der Waals surface area contributed by atoms with Gasteiger partial charge in [-0.2, -0.15) is 0 Å². The number of aliphatic imine (C=N–C) groups is 1. The Labute approximate surface area is 161 Å². The largest absolute Gasteiger partial charge is 0.396 e. The highest BCUT2D eigenvalue weighted by molar-refractivity contribution is 5.79. The van der Waals surface area contributed by atoms with Gasteiger partial charge in [-0.3, -0.25) is 4.99 Å². The molecule has 2 aliphatic rings. The average Bonchev–Trinajstić information content (AvgIpc) is 3.45. The normalized spacial score (nSPS) is 24.5. The lowest BCUT2D eigenvalue weighted by Gasteiger charge is -2.18. The van der Waals surface area contributed by atoms with Gasteiger partial charge in [0.25, 0.3) is 0 Å². The Hall–Kier alpha value is -2.33. The number of nitrogens with zero attached hydrogens (tertiary/aromatic N) is 1. The zero-order chi connectivity index (χ0) is 18.6. The highest BCUT2D eigenvalue weighted by Crippen LogP contribution is 2.59. The Morgan fingerprint density at radius 3 is 2.67 bits per heavy atom. The monoisotopic (exact) mass is 363 g/mol. The molecule has 0 bridgehead atoms. The average molecular weight is 364 g/mol. The number of aliphatic hydroxyl groups is 1. The van der Waals surface area contributed by atoms with Gasteiger partial charge in [-0.1, -0.05) is 54.6 Å². The number of rotatable bonds is 6. The van der Waals surface area contributed by atoms with Crippen molar-refractivity contribution in [3.8, 4) is 0 Å². The molecule has 27 heavy (non-hydrogen) atoms. The summed E-state index contributed by atoms with van der Waals surface area (Å²) in [4.78, 5) is 4.36. The smallest absolute Gasteiger partial charge is 0.191 e. The Morgan fingerprint density at radius 2 is 1.89 bits per heavy atom.